The van der Waals surface area contributed by atoms with Crippen LogP contribution in [0.5, 0.6) is 5.75 Å². The molecule has 1 aromatic rings. The molecular formula is C28H55F3O2. The Balaban J connectivity index is -0.000000112. The monoisotopic (exact) mass is 480 g/mol. The number of carbonyl (C=O) groups is 1. The van der Waals surface area contributed by atoms with Crippen molar-refractivity contribution in [1.82, 2.24) is 0 Å². The number of halogens is 3. The van der Waals surface area contributed by atoms with Crippen LogP contribution in [0.1, 0.15) is 127 Å². The molecule has 2 nitrogen and oxygen atoms in total. The molecule has 33 heavy (non-hydrogen) atoms. The highest BCUT2D eigenvalue weighted by molar-refractivity contribution is 5.74. The highest BCUT2D eigenvalue weighted by Gasteiger charge is 2.30. The van der Waals surface area contributed by atoms with Gasteiger partial charge >= 0.3 is 6.36 Å². The summed E-state index contributed by atoms with van der Waals surface area (Å²) in [6.45, 7) is 24.1. The Morgan fingerprint density at radius 2 is 1.30 bits per heavy atom. The topological polar surface area (TPSA) is 26.3 Å². The van der Waals surface area contributed by atoms with E-state index in [-0.39, 0.29) is 11.5 Å². The molecule has 0 aliphatic carbocycles. The smallest absolute Gasteiger partial charge is 0.406 e. The van der Waals surface area contributed by atoms with E-state index >= 15 is 0 Å². The van der Waals surface area contributed by atoms with Gasteiger partial charge in [0.15, 0.2) is 0 Å². The predicted molar refractivity (Wildman–Crippen MR) is 141 cm³/mol. The number of hydrogen-bond donors (Lipinski definition) is 0. The quantitative estimate of drug-likeness (QED) is 0.370. The number of benzene rings is 1. The summed E-state index contributed by atoms with van der Waals surface area (Å²) < 4.78 is 38.6. The van der Waals surface area contributed by atoms with Gasteiger partial charge in [-0.2, -0.15) is 0 Å². The molecule has 0 atom stereocenters. The van der Waals surface area contributed by atoms with E-state index in [9.17, 15) is 18.0 Å². The maximum absolute atomic E-state index is 11.7. The van der Waals surface area contributed by atoms with Crippen molar-refractivity contribution in [3.63, 3.8) is 0 Å². The van der Waals surface area contributed by atoms with Gasteiger partial charge in [-0.05, 0) is 37.5 Å². The minimum Gasteiger partial charge on any atom is -0.406 e. The molecule has 0 aliphatic rings. The van der Waals surface area contributed by atoms with Crippen molar-refractivity contribution in [2.75, 3.05) is 0 Å². The number of Topliss-reactive ketones (excluding diaryl/α,β-unsaturated/α-hetero) is 1. The van der Waals surface area contributed by atoms with Gasteiger partial charge < -0.3 is 9.53 Å². The van der Waals surface area contributed by atoms with E-state index in [4.69, 9.17) is 0 Å². The molecule has 0 aromatic heterocycles. The maximum atomic E-state index is 11.7. The Morgan fingerprint density at radius 1 is 0.909 bits per heavy atom. The van der Waals surface area contributed by atoms with Crippen LogP contribution in [-0.4, -0.2) is 12.1 Å². The molecule has 0 aliphatic heterocycles. The fraction of sp³-hybridized carbons (Fsp3) is 0.750. The Kier molecular flexibility index (Phi) is 41.3. The Bertz CT molecular complexity index is 478. The van der Waals surface area contributed by atoms with Crippen LogP contribution in [-0.2, 0) is 4.79 Å². The summed E-state index contributed by atoms with van der Waals surface area (Å²) in [5.74, 6) is 1.05. The minimum absolute atomic E-state index is 0.178. The lowest BCUT2D eigenvalue weighted by Gasteiger charge is -2.08. The van der Waals surface area contributed by atoms with Crippen LogP contribution in [0, 0.1) is 12.8 Å². The van der Waals surface area contributed by atoms with E-state index in [0.717, 1.165) is 11.5 Å². The first kappa shape index (κ1) is 41.7. The third-order valence-electron chi connectivity index (χ3n) is 3.82. The van der Waals surface area contributed by atoms with Crippen LogP contribution in [0.4, 0.5) is 13.2 Å². The number of alkyl halides is 3. The number of carbonyl (C=O) groups excluding carboxylic acids is 1. The summed E-state index contributed by atoms with van der Waals surface area (Å²) in [6.07, 6.45) is 4.50. The summed E-state index contributed by atoms with van der Waals surface area (Å²) in [5.41, 5.74) is 0.733. The van der Waals surface area contributed by atoms with Gasteiger partial charge in [0.25, 0.3) is 0 Å². The van der Waals surface area contributed by atoms with Crippen molar-refractivity contribution in [3.8, 4) is 5.75 Å². The average molecular weight is 481 g/mol. The lowest BCUT2D eigenvalue weighted by Crippen LogP contribution is -2.17. The largest absolute Gasteiger partial charge is 0.573 e. The molecule has 0 N–H and O–H groups in total. The number of ketones is 1. The number of rotatable bonds is 8. The van der Waals surface area contributed by atoms with E-state index in [0.29, 0.717) is 6.42 Å². The average Bonchev–Trinajstić information content (AvgIpc) is 2.80. The normalized spacial score (nSPS) is 9.09. The first-order valence-corrected chi connectivity index (χ1v) is 12.9. The van der Waals surface area contributed by atoms with E-state index < -0.39 is 6.36 Å². The molecule has 0 fully saturated rings. The molecule has 1 rings (SSSR count). The minimum atomic E-state index is -4.60. The summed E-state index contributed by atoms with van der Waals surface area (Å²) in [6, 6.07) is 5.80. The molecule has 200 valence electrons. The Labute approximate surface area is 204 Å². The lowest BCUT2D eigenvalue weighted by molar-refractivity contribution is -0.274. The van der Waals surface area contributed by atoms with Gasteiger partial charge in [-0.15, -0.1) is 13.2 Å². The zero-order valence-electron chi connectivity index (χ0n) is 23.8. The maximum Gasteiger partial charge on any atom is 0.573 e. The molecule has 0 spiro atoms. The highest BCUT2D eigenvalue weighted by Crippen LogP contribution is 2.22. The van der Waals surface area contributed by atoms with Crippen molar-refractivity contribution in [2.45, 2.75) is 134 Å². The van der Waals surface area contributed by atoms with E-state index in [2.05, 4.69) is 25.5 Å². The zero-order chi connectivity index (χ0) is 27.3. The Morgan fingerprint density at radius 3 is 1.58 bits per heavy atom. The van der Waals surface area contributed by atoms with E-state index in [1.165, 1.54) is 56.7 Å². The van der Waals surface area contributed by atoms with Gasteiger partial charge in [0.1, 0.15) is 11.5 Å². The van der Waals surface area contributed by atoms with Crippen molar-refractivity contribution in [2.24, 2.45) is 5.92 Å². The summed E-state index contributed by atoms with van der Waals surface area (Å²) >= 11 is 0. The second-order valence-corrected chi connectivity index (χ2v) is 6.81. The standard InChI is InChI=1S/C10H22.C8H7F3O.C4H8O.3C2H6/c1-4-6-8-10(3)9-7-5-2;1-6-3-2-4-7(5-6)12-8(9,10)11;1-3-4(2)5;3*1-2/h10H,4-9H2,1-3H3;2-5H,1H3;3H2,1-2H3;3*1-2H3. The van der Waals surface area contributed by atoms with Gasteiger partial charge in [-0.3, -0.25) is 0 Å². The van der Waals surface area contributed by atoms with E-state index in [1.54, 1.807) is 19.9 Å². The fourth-order valence-electron chi connectivity index (χ4n) is 2.06. The summed E-state index contributed by atoms with van der Waals surface area (Å²) in [5, 5.41) is 0. The molecule has 0 saturated heterocycles. The molecule has 0 heterocycles. The van der Waals surface area contributed by atoms with Crippen LogP contribution < -0.4 is 4.74 Å². The van der Waals surface area contributed by atoms with Crippen LogP contribution in [0.3, 0.4) is 0 Å². The molecule has 0 radical (unpaired) electrons. The summed E-state index contributed by atoms with van der Waals surface area (Å²) in [4.78, 5) is 9.81. The number of unbranched alkanes of at least 4 members (excludes halogenated alkanes) is 2. The third-order valence-corrected chi connectivity index (χ3v) is 3.82. The zero-order valence-corrected chi connectivity index (χ0v) is 23.8. The van der Waals surface area contributed by atoms with Crippen LogP contribution in [0.2, 0.25) is 0 Å². The highest BCUT2D eigenvalue weighted by atomic mass is 19.4. The lowest BCUT2D eigenvalue weighted by atomic mass is 9.98. The fourth-order valence-corrected chi connectivity index (χ4v) is 2.06. The molecule has 1 aromatic carbocycles. The van der Waals surface area contributed by atoms with Crippen LogP contribution >= 0.6 is 0 Å². The van der Waals surface area contributed by atoms with Gasteiger partial charge in [-0.1, -0.05) is 120 Å². The van der Waals surface area contributed by atoms with Crippen LogP contribution in [0.15, 0.2) is 24.3 Å². The van der Waals surface area contributed by atoms with Gasteiger partial charge in [0.2, 0.25) is 0 Å². The molecule has 0 unspecified atom stereocenters. The predicted octanol–water partition coefficient (Wildman–Crippen LogP) is 11.0. The third kappa shape index (κ3) is 44.8. The number of aryl methyl sites for hydroxylation is 1. The number of hydrogen-bond acceptors (Lipinski definition) is 2. The molecule has 0 amide bonds. The molecule has 5 heteroatoms. The Hall–Kier alpha value is -1.52. The van der Waals surface area contributed by atoms with Crippen molar-refractivity contribution in [3.05, 3.63) is 29.8 Å². The first-order chi connectivity index (χ1) is 15.6. The second kappa shape index (κ2) is 32.7. The summed E-state index contributed by atoms with van der Waals surface area (Å²) in [7, 11) is 0. The van der Waals surface area contributed by atoms with Crippen molar-refractivity contribution < 1.29 is 22.7 Å². The van der Waals surface area contributed by atoms with Gasteiger partial charge in [0.05, 0.1) is 0 Å². The van der Waals surface area contributed by atoms with Crippen LogP contribution in [0.25, 0.3) is 0 Å². The molecule has 0 bridgehead atoms. The second-order valence-electron chi connectivity index (χ2n) is 6.81. The molecule has 0 saturated carbocycles. The SMILES string of the molecule is CC.CC.CC.CCC(C)=O.CCCCC(C)CCCC.Cc1cccc(OC(F)(F)F)c1. The van der Waals surface area contributed by atoms with E-state index in [1.807, 2.05) is 48.5 Å². The van der Waals surface area contributed by atoms with Gasteiger partial charge in [0, 0.05) is 6.42 Å². The first-order valence-electron chi connectivity index (χ1n) is 12.9. The van der Waals surface area contributed by atoms with Crippen molar-refractivity contribution >= 4 is 5.78 Å². The molecular weight excluding hydrogens is 425 g/mol. The number of ether oxygens (including phenoxy) is 1. The van der Waals surface area contributed by atoms with Crippen molar-refractivity contribution in [1.29, 1.82) is 0 Å². The van der Waals surface area contributed by atoms with Gasteiger partial charge in [-0.25, -0.2) is 0 Å².